The second-order valence-corrected chi connectivity index (χ2v) is 6.96. The van der Waals surface area contributed by atoms with Gasteiger partial charge in [0.15, 0.2) is 0 Å². The van der Waals surface area contributed by atoms with E-state index in [-0.39, 0.29) is 12.1 Å². The van der Waals surface area contributed by atoms with E-state index in [0.29, 0.717) is 0 Å². The summed E-state index contributed by atoms with van der Waals surface area (Å²) in [5.41, 5.74) is 1.87. The summed E-state index contributed by atoms with van der Waals surface area (Å²) in [7, 11) is -4.67. The number of aliphatic hydroxyl groups is 1. The Labute approximate surface area is 138 Å². The fourth-order valence-corrected chi connectivity index (χ4v) is 3.53. The zero-order valence-electron chi connectivity index (χ0n) is 12.2. The molecule has 0 amide bonds. The molecular weight excluding hydrogens is 340 g/mol. The van der Waals surface area contributed by atoms with Crippen LogP contribution >= 0.6 is 11.3 Å². The van der Waals surface area contributed by atoms with Gasteiger partial charge in [0.05, 0.1) is 22.4 Å². The minimum atomic E-state index is -4.67. The summed E-state index contributed by atoms with van der Waals surface area (Å²) in [5, 5.41) is 22.1. The largest absolute Gasteiger partial charge is 0.394 e. The Morgan fingerprint density at radius 3 is 2.52 bits per heavy atom. The van der Waals surface area contributed by atoms with E-state index in [1.807, 2.05) is 24.4 Å². The Morgan fingerprint density at radius 2 is 2.00 bits per heavy atom. The Kier molecular flexibility index (Phi) is 5.23. The fraction of sp³-hybridized carbons (Fsp3) is 0.357. The number of hydrogen-bond acceptors (Lipinski definition) is 6. The van der Waals surface area contributed by atoms with Gasteiger partial charge >= 0.3 is 10.4 Å². The average Bonchev–Trinajstić information content (AvgIpc) is 3.05. The van der Waals surface area contributed by atoms with Crippen molar-refractivity contribution in [2.45, 2.75) is 25.5 Å². The van der Waals surface area contributed by atoms with E-state index in [1.165, 1.54) is 0 Å². The Hall–Kier alpha value is -1.70. The molecule has 2 aromatic rings. The molecule has 0 bridgehead atoms. The van der Waals surface area contributed by atoms with Gasteiger partial charge in [-0.15, -0.1) is 11.3 Å². The van der Waals surface area contributed by atoms with Gasteiger partial charge in [-0.3, -0.25) is 9.11 Å². The van der Waals surface area contributed by atoms with Gasteiger partial charge in [0.25, 0.3) is 0 Å². The molecule has 0 saturated carbocycles. The van der Waals surface area contributed by atoms with E-state index in [1.54, 1.807) is 11.3 Å². The number of thiophene rings is 1. The van der Waals surface area contributed by atoms with E-state index in [2.05, 4.69) is 17.0 Å². The van der Waals surface area contributed by atoms with E-state index in [0.717, 1.165) is 34.3 Å². The Balaban J connectivity index is 0.000000338. The first-order chi connectivity index (χ1) is 10.7. The lowest BCUT2D eigenvalue weighted by atomic mass is 10.1. The molecule has 3 rings (SSSR count). The smallest absolute Gasteiger partial charge is 0.391 e. The van der Waals surface area contributed by atoms with Crippen molar-refractivity contribution in [3.63, 3.8) is 0 Å². The van der Waals surface area contributed by atoms with Crippen LogP contribution in [0.15, 0.2) is 23.6 Å². The van der Waals surface area contributed by atoms with Crippen LogP contribution in [0.5, 0.6) is 0 Å². The third kappa shape index (κ3) is 4.19. The van der Waals surface area contributed by atoms with Gasteiger partial charge in [0, 0.05) is 17.6 Å². The SMILES string of the molecule is C[C@H]1[C@@H](O)CCN1c1ccc(C#N)c2sccc12.O=S(=O)(O)O. The van der Waals surface area contributed by atoms with Crippen molar-refractivity contribution in [3.8, 4) is 6.07 Å². The van der Waals surface area contributed by atoms with Crippen LogP contribution in [-0.4, -0.2) is 41.3 Å². The molecule has 1 aromatic heterocycles. The van der Waals surface area contributed by atoms with Crippen molar-refractivity contribution < 1.29 is 22.6 Å². The number of anilines is 1. The highest BCUT2D eigenvalue weighted by Gasteiger charge is 2.30. The minimum Gasteiger partial charge on any atom is -0.391 e. The molecule has 23 heavy (non-hydrogen) atoms. The summed E-state index contributed by atoms with van der Waals surface area (Å²) >= 11 is 1.60. The minimum absolute atomic E-state index is 0.140. The van der Waals surface area contributed by atoms with Crippen LogP contribution in [0.2, 0.25) is 0 Å². The summed E-state index contributed by atoms with van der Waals surface area (Å²) in [6.07, 6.45) is 0.557. The molecule has 0 radical (unpaired) electrons. The molecule has 0 spiro atoms. The monoisotopic (exact) mass is 356 g/mol. The van der Waals surface area contributed by atoms with Crippen LogP contribution in [0.25, 0.3) is 10.1 Å². The molecule has 0 aliphatic carbocycles. The van der Waals surface area contributed by atoms with Crippen LogP contribution in [0, 0.1) is 11.3 Å². The predicted octanol–water partition coefficient (Wildman–Crippen LogP) is 2.08. The maximum absolute atomic E-state index is 9.86. The molecule has 1 saturated heterocycles. The molecule has 3 N–H and O–H groups in total. The number of nitrogens with zero attached hydrogens (tertiary/aromatic N) is 2. The maximum atomic E-state index is 9.86. The Morgan fingerprint density at radius 1 is 1.35 bits per heavy atom. The van der Waals surface area contributed by atoms with E-state index in [9.17, 15) is 5.11 Å². The number of benzene rings is 1. The molecule has 7 nitrogen and oxygen atoms in total. The van der Waals surface area contributed by atoms with Crippen LogP contribution in [0.4, 0.5) is 5.69 Å². The number of nitriles is 1. The third-order valence-electron chi connectivity index (χ3n) is 3.74. The van der Waals surface area contributed by atoms with Gasteiger partial charge in [-0.2, -0.15) is 13.7 Å². The van der Waals surface area contributed by atoms with E-state index in [4.69, 9.17) is 22.8 Å². The molecule has 9 heteroatoms. The van der Waals surface area contributed by atoms with E-state index >= 15 is 0 Å². The first-order valence-corrected chi connectivity index (χ1v) is 9.05. The molecule has 124 valence electrons. The van der Waals surface area contributed by atoms with Crippen molar-refractivity contribution >= 4 is 37.5 Å². The molecule has 2 atom stereocenters. The van der Waals surface area contributed by atoms with Crippen molar-refractivity contribution in [2.24, 2.45) is 0 Å². The number of rotatable bonds is 1. The molecule has 2 heterocycles. The standard InChI is InChI=1S/C14H14N2OS.H2O4S/c1-9-13(17)4-6-16(9)12-3-2-10(8-15)14-11(12)5-7-18-14;1-5(2,3)4/h2-3,5,7,9,13,17H,4,6H2,1H3;(H2,1,2,3,4)/t9-,13-;/m0./s1. The molecule has 1 aromatic carbocycles. The first kappa shape index (κ1) is 17.7. The van der Waals surface area contributed by atoms with Gasteiger partial charge in [0.2, 0.25) is 0 Å². The first-order valence-electron chi connectivity index (χ1n) is 6.77. The van der Waals surface area contributed by atoms with Gasteiger partial charge in [-0.25, -0.2) is 0 Å². The number of fused-ring (bicyclic) bond motifs is 1. The molecule has 1 aliphatic rings. The van der Waals surface area contributed by atoms with Gasteiger partial charge in [0.1, 0.15) is 6.07 Å². The quantitative estimate of drug-likeness (QED) is 0.669. The van der Waals surface area contributed by atoms with Crippen LogP contribution in [0.3, 0.4) is 0 Å². The lowest BCUT2D eigenvalue weighted by Crippen LogP contribution is -2.32. The number of hydrogen-bond donors (Lipinski definition) is 3. The summed E-state index contributed by atoms with van der Waals surface area (Å²) < 4.78 is 32.6. The lowest BCUT2D eigenvalue weighted by Gasteiger charge is -2.25. The fourth-order valence-electron chi connectivity index (χ4n) is 2.65. The molecule has 0 unspecified atom stereocenters. The lowest BCUT2D eigenvalue weighted by molar-refractivity contribution is 0.170. The van der Waals surface area contributed by atoms with Crippen molar-refractivity contribution in [1.29, 1.82) is 5.26 Å². The molecule has 1 aliphatic heterocycles. The summed E-state index contributed by atoms with van der Waals surface area (Å²) in [6, 6.07) is 8.32. The highest BCUT2D eigenvalue weighted by molar-refractivity contribution is 7.79. The van der Waals surface area contributed by atoms with Crippen molar-refractivity contribution in [2.75, 3.05) is 11.4 Å². The van der Waals surface area contributed by atoms with Crippen molar-refractivity contribution in [3.05, 3.63) is 29.1 Å². The normalized spacial score (nSPS) is 20.9. The Bertz CT molecular complexity index is 832. The van der Waals surface area contributed by atoms with Crippen LogP contribution in [0.1, 0.15) is 18.9 Å². The van der Waals surface area contributed by atoms with Gasteiger partial charge in [-0.05, 0) is 36.9 Å². The third-order valence-corrected chi connectivity index (χ3v) is 4.69. The molecule has 1 fully saturated rings. The summed E-state index contributed by atoms with van der Waals surface area (Å²) in [5.74, 6) is 0. The highest BCUT2D eigenvalue weighted by atomic mass is 32.3. The number of aliphatic hydroxyl groups excluding tert-OH is 1. The second-order valence-electron chi connectivity index (χ2n) is 5.15. The highest BCUT2D eigenvalue weighted by Crippen LogP contribution is 2.36. The summed E-state index contributed by atoms with van der Waals surface area (Å²) in [4.78, 5) is 2.24. The zero-order valence-corrected chi connectivity index (χ0v) is 13.9. The second kappa shape index (κ2) is 6.82. The average molecular weight is 356 g/mol. The maximum Gasteiger partial charge on any atom is 0.394 e. The van der Waals surface area contributed by atoms with Gasteiger partial charge < -0.3 is 10.0 Å². The van der Waals surface area contributed by atoms with Crippen LogP contribution in [-0.2, 0) is 10.4 Å². The van der Waals surface area contributed by atoms with Gasteiger partial charge in [-0.1, -0.05) is 0 Å². The topological polar surface area (TPSA) is 122 Å². The van der Waals surface area contributed by atoms with Crippen molar-refractivity contribution in [1.82, 2.24) is 0 Å². The van der Waals surface area contributed by atoms with E-state index < -0.39 is 10.4 Å². The summed E-state index contributed by atoms with van der Waals surface area (Å²) in [6.45, 7) is 2.92. The molecular formula is C14H16N2O5S2. The predicted molar refractivity (Wildman–Crippen MR) is 88.1 cm³/mol. The zero-order chi connectivity index (χ0) is 17.2. The van der Waals surface area contributed by atoms with Crippen LogP contribution < -0.4 is 4.90 Å².